The highest BCUT2D eigenvalue weighted by molar-refractivity contribution is 6.02. The minimum absolute atomic E-state index is 0.234. The lowest BCUT2D eigenvalue weighted by Crippen LogP contribution is -2.44. The van der Waals surface area contributed by atoms with Gasteiger partial charge in [0.15, 0.2) is 11.6 Å². The third kappa shape index (κ3) is 4.36. The Morgan fingerprint density at radius 3 is 2.74 bits per heavy atom. The molecule has 0 saturated heterocycles. The summed E-state index contributed by atoms with van der Waals surface area (Å²) in [5.74, 6) is 0.0133. The van der Waals surface area contributed by atoms with Crippen molar-refractivity contribution in [1.82, 2.24) is 4.98 Å². The maximum Gasteiger partial charge on any atom is 0.326 e. The normalized spacial score (nSPS) is 15.8. The predicted molar refractivity (Wildman–Crippen MR) is 101 cm³/mol. The second-order valence-corrected chi connectivity index (χ2v) is 6.32. The van der Waals surface area contributed by atoms with E-state index in [4.69, 9.17) is 15.2 Å². The van der Waals surface area contributed by atoms with Gasteiger partial charge in [0.25, 0.3) is 5.91 Å². The second kappa shape index (κ2) is 8.53. The zero-order valence-corrected chi connectivity index (χ0v) is 15.3. The lowest BCUT2D eigenvalue weighted by atomic mass is 10.1. The summed E-state index contributed by atoms with van der Waals surface area (Å²) < 4.78 is 11.1. The molecule has 1 atom stereocenters. The van der Waals surface area contributed by atoms with Gasteiger partial charge in [-0.3, -0.25) is 14.5 Å². The fourth-order valence-corrected chi connectivity index (χ4v) is 2.86. The van der Waals surface area contributed by atoms with Gasteiger partial charge in [-0.2, -0.15) is 0 Å². The Kier molecular flexibility index (Phi) is 5.90. The average Bonchev–Trinajstić information content (AvgIpc) is 2.68. The van der Waals surface area contributed by atoms with Crippen molar-refractivity contribution in [2.24, 2.45) is 0 Å². The lowest BCUT2D eigenvalue weighted by Gasteiger charge is -2.33. The number of nitrogens with zero attached hydrogens (tertiary/aromatic N) is 2. The first-order chi connectivity index (χ1) is 13.1. The van der Waals surface area contributed by atoms with Crippen LogP contribution in [-0.4, -0.2) is 30.0 Å². The summed E-state index contributed by atoms with van der Waals surface area (Å²) in [5.41, 5.74) is 6.46. The van der Waals surface area contributed by atoms with Crippen LogP contribution in [0.2, 0.25) is 0 Å². The Morgan fingerprint density at radius 1 is 1.22 bits per heavy atom. The fraction of sp³-hybridized carbons (Fsp3) is 0.350. The summed E-state index contributed by atoms with van der Waals surface area (Å²) in [6.07, 6.45) is 1.97. The highest BCUT2D eigenvalue weighted by Gasteiger charge is 2.37. The number of hydrogen-bond donors (Lipinski definition) is 1. The average molecular weight is 369 g/mol. The zero-order chi connectivity index (χ0) is 19.2. The van der Waals surface area contributed by atoms with Crippen LogP contribution in [0.1, 0.15) is 37.9 Å². The van der Waals surface area contributed by atoms with Crippen LogP contribution in [0.25, 0.3) is 0 Å². The molecule has 0 radical (unpaired) electrons. The Labute approximate surface area is 158 Å². The standard InChI is InChI=1S/C20H23N3O4/c1-2-3-7-12-26-17(24)13-23-19-15(10-11-16(21)22-19)27-18(20(23)25)14-8-5-4-6-9-14/h4-6,8-11,18H,2-3,7,12-13H2,1H3,(H2,21,22). The highest BCUT2D eigenvalue weighted by Crippen LogP contribution is 2.37. The number of hydrogen-bond acceptors (Lipinski definition) is 6. The zero-order valence-electron chi connectivity index (χ0n) is 15.3. The molecular weight excluding hydrogens is 346 g/mol. The Balaban J connectivity index is 1.82. The van der Waals surface area contributed by atoms with E-state index >= 15 is 0 Å². The first-order valence-corrected chi connectivity index (χ1v) is 9.05. The van der Waals surface area contributed by atoms with Crippen LogP contribution >= 0.6 is 0 Å². The van der Waals surface area contributed by atoms with Crippen LogP contribution in [0.15, 0.2) is 42.5 Å². The summed E-state index contributed by atoms with van der Waals surface area (Å²) in [5, 5.41) is 0. The number of rotatable bonds is 7. The maximum absolute atomic E-state index is 13.0. The SMILES string of the molecule is CCCCCOC(=O)CN1C(=O)C(c2ccccc2)Oc2ccc(N)nc21. The van der Waals surface area contributed by atoms with Gasteiger partial charge < -0.3 is 15.2 Å². The van der Waals surface area contributed by atoms with E-state index < -0.39 is 12.1 Å². The number of esters is 1. The molecule has 1 aromatic heterocycles. The minimum atomic E-state index is -0.850. The van der Waals surface area contributed by atoms with Gasteiger partial charge in [0, 0.05) is 5.56 Å². The number of carbonyl (C=O) groups is 2. The van der Waals surface area contributed by atoms with Gasteiger partial charge in [-0.1, -0.05) is 50.1 Å². The highest BCUT2D eigenvalue weighted by atomic mass is 16.5. The smallest absolute Gasteiger partial charge is 0.326 e. The number of ether oxygens (including phenoxy) is 2. The van der Waals surface area contributed by atoms with E-state index in [0.29, 0.717) is 17.9 Å². The number of aromatic nitrogens is 1. The van der Waals surface area contributed by atoms with E-state index in [-0.39, 0.29) is 24.1 Å². The molecule has 7 heteroatoms. The summed E-state index contributed by atoms with van der Waals surface area (Å²) in [7, 11) is 0. The van der Waals surface area contributed by atoms with Gasteiger partial charge in [-0.15, -0.1) is 0 Å². The number of carbonyl (C=O) groups excluding carboxylic acids is 2. The van der Waals surface area contributed by atoms with E-state index in [1.165, 1.54) is 4.90 Å². The quantitative estimate of drug-likeness (QED) is 0.596. The molecule has 0 fully saturated rings. The van der Waals surface area contributed by atoms with Gasteiger partial charge in [0.1, 0.15) is 12.4 Å². The van der Waals surface area contributed by atoms with E-state index in [0.717, 1.165) is 19.3 Å². The lowest BCUT2D eigenvalue weighted by molar-refractivity contribution is -0.143. The van der Waals surface area contributed by atoms with Gasteiger partial charge >= 0.3 is 5.97 Å². The number of anilines is 2. The van der Waals surface area contributed by atoms with E-state index in [9.17, 15) is 9.59 Å². The molecule has 0 spiro atoms. The van der Waals surface area contributed by atoms with E-state index in [1.54, 1.807) is 24.3 Å². The van der Waals surface area contributed by atoms with Crippen LogP contribution in [0.5, 0.6) is 5.75 Å². The molecule has 2 heterocycles. The predicted octanol–water partition coefficient (Wildman–Crippen LogP) is 2.86. The Hall–Kier alpha value is -3.09. The first-order valence-electron chi connectivity index (χ1n) is 9.05. The maximum atomic E-state index is 13.0. The molecule has 0 saturated carbocycles. The second-order valence-electron chi connectivity index (χ2n) is 6.32. The molecular formula is C20H23N3O4. The molecule has 2 N–H and O–H groups in total. The van der Waals surface area contributed by atoms with Crippen LogP contribution in [-0.2, 0) is 14.3 Å². The van der Waals surface area contributed by atoms with Gasteiger partial charge in [0.2, 0.25) is 6.10 Å². The van der Waals surface area contributed by atoms with Crippen LogP contribution in [0.3, 0.4) is 0 Å². The number of benzene rings is 1. The summed E-state index contributed by atoms with van der Waals surface area (Å²) in [6.45, 7) is 2.18. The van der Waals surface area contributed by atoms with Crippen molar-refractivity contribution in [1.29, 1.82) is 0 Å². The Bertz CT molecular complexity index is 810. The minimum Gasteiger partial charge on any atom is -0.472 e. The Morgan fingerprint density at radius 2 is 2.00 bits per heavy atom. The molecule has 7 nitrogen and oxygen atoms in total. The molecule has 1 aliphatic heterocycles. The molecule has 2 aromatic rings. The fourth-order valence-electron chi connectivity index (χ4n) is 2.86. The molecule has 3 rings (SSSR count). The molecule has 1 amide bonds. The molecule has 1 aromatic carbocycles. The summed E-state index contributed by atoms with van der Waals surface area (Å²) in [6, 6.07) is 12.4. The number of pyridine rings is 1. The number of unbranched alkanes of at least 4 members (excludes halogenated alkanes) is 2. The largest absolute Gasteiger partial charge is 0.472 e. The van der Waals surface area contributed by atoms with Gasteiger partial charge in [0.05, 0.1) is 6.61 Å². The van der Waals surface area contributed by atoms with E-state index in [1.807, 2.05) is 18.2 Å². The van der Waals surface area contributed by atoms with Gasteiger partial charge in [-0.25, -0.2) is 4.98 Å². The first kappa shape index (κ1) is 18.7. The third-order valence-corrected chi connectivity index (χ3v) is 4.25. The molecule has 0 bridgehead atoms. The molecule has 0 aliphatic carbocycles. The van der Waals surface area contributed by atoms with Crippen molar-refractivity contribution in [2.45, 2.75) is 32.3 Å². The number of amides is 1. The van der Waals surface area contributed by atoms with Crippen LogP contribution in [0.4, 0.5) is 11.6 Å². The van der Waals surface area contributed by atoms with Crippen molar-refractivity contribution in [3.8, 4) is 5.75 Å². The van der Waals surface area contributed by atoms with E-state index in [2.05, 4.69) is 11.9 Å². The van der Waals surface area contributed by atoms with Crippen molar-refractivity contribution in [2.75, 3.05) is 23.8 Å². The number of nitrogen functional groups attached to an aromatic ring is 1. The van der Waals surface area contributed by atoms with Crippen molar-refractivity contribution >= 4 is 23.5 Å². The van der Waals surface area contributed by atoms with Gasteiger partial charge in [-0.05, 0) is 18.6 Å². The molecule has 1 unspecified atom stereocenters. The van der Waals surface area contributed by atoms with Crippen LogP contribution < -0.4 is 15.4 Å². The molecule has 1 aliphatic rings. The van der Waals surface area contributed by atoms with Crippen molar-refractivity contribution in [3.05, 3.63) is 48.0 Å². The third-order valence-electron chi connectivity index (χ3n) is 4.25. The van der Waals surface area contributed by atoms with Crippen LogP contribution in [0, 0.1) is 0 Å². The van der Waals surface area contributed by atoms with Crippen molar-refractivity contribution in [3.63, 3.8) is 0 Å². The molecule has 27 heavy (non-hydrogen) atoms. The molecule has 142 valence electrons. The summed E-state index contributed by atoms with van der Waals surface area (Å²) in [4.78, 5) is 30.7. The number of fused-ring (bicyclic) bond motifs is 1. The topological polar surface area (TPSA) is 94.8 Å². The van der Waals surface area contributed by atoms with Crippen molar-refractivity contribution < 1.29 is 19.1 Å². The monoisotopic (exact) mass is 369 g/mol. The number of nitrogens with two attached hydrogens (primary N) is 1. The summed E-state index contributed by atoms with van der Waals surface area (Å²) >= 11 is 0.